The van der Waals surface area contributed by atoms with E-state index in [0.717, 1.165) is 52.6 Å². The average molecular weight is 402 g/mol. The summed E-state index contributed by atoms with van der Waals surface area (Å²) < 4.78 is 26.7. The van der Waals surface area contributed by atoms with Crippen molar-refractivity contribution in [1.29, 1.82) is 0 Å². The normalized spacial score (nSPS) is 16.1. The Morgan fingerprint density at radius 3 is 2.64 bits per heavy atom. The highest BCUT2D eigenvalue weighted by Crippen LogP contribution is 2.34. The molecule has 0 bridgehead atoms. The predicted octanol–water partition coefficient (Wildman–Crippen LogP) is 2.83. The van der Waals surface area contributed by atoms with Gasteiger partial charge in [0.15, 0.2) is 5.16 Å². The van der Waals surface area contributed by atoms with Gasteiger partial charge in [-0.3, -0.25) is 9.36 Å². The number of sulfonamides is 1. The van der Waals surface area contributed by atoms with Gasteiger partial charge in [0.2, 0.25) is 10.0 Å². The summed E-state index contributed by atoms with van der Waals surface area (Å²) >= 11 is 3.00. The van der Waals surface area contributed by atoms with E-state index in [1.807, 2.05) is 18.4 Å². The Hall–Kier alpha value is -0.900. The molecule has 0 amide bonds. The number of hydrogen-bond donors (Lipinski definition) is 1. The van der Waals surface area contributed by atoms with Crippen LogP contribution in [0.5, 0.6) is 0 Å². The Kier molecular flexibility index (Phi) is 5.57. The minimum Gasteiger partial charge on any atom is -0.284 e. The number of aromatic nitrogens is 2. The van der Waals surface area contributed by atoms with E-state index in [0.29, 0.717) is 17.5 Å². The summed E-state index contributed by atoms with van der Waals surface area (Å²) in [5, 5.41) is 1.45. The van der Waals surface area contributed by atoms with Gasteiger partial charge in [-0.25, -0.2) is 18.1 Å². The van der Waals surface area contributed by atoms with Crippen molar-refractivity contribution in [2.24, 2.45) is 0 Å². The maximum absolute atomic E-state index is 13.2. The van der Waals surface area contributed by atoms with Crippen LogP contribution in [0.2, 0.25) is 0 Å². The Labute approximate surface area is 156 Å². The Morgan fingerprint density at radius 2 is 2.00 bits per heavy atom. The number of hydrogen-bond acceptors (Lipinski definition) is 6. The Bertz CT molecular complexity index is 941. The van der Waals surface area contributed by atoms with Gasteiger partial charge in [-0.15, -0.1) is 11.3 Å². The molecule has 1 aliphatic carbocycles. The summed E-state index contributed by atoms with van der Waals surface area (Å²) in [4.78, 5) is 19.8. The minimum atomic E-state index is -3.20. The molecular weight excluding hydrogens is 378 g/mol. The third kappa shape index (κ3) is 4.10. The van der Waals surface area contributed by atoms with Crippen LogP contribution < -0.4 is 10.3 Å². The molecule has 0 spiro atoms. The van der Waals surface area contributed by atoms with Gasteiger partial charge >= 0.3 is 0 Å². The Morgan fingerprint density at radius 1 is 1.32 bits per heavy atom. The van der Waals surface area contributed by atoms with Gasteiger partial charge in [0.1, 0.15) is 4.83 Å². The zero-order valence-corrected chi connectivity index (χ0v) is 17.1. The zero-order valence-electron chi connectivity index (χ0n) is 14.7. The number of nitrogens with one attached hydrogen (secondary N) is 1. The molecule has 1 aliphatic rings. The molecule has 25 heavy (non-hydrogen) atoms. The fourth-order valence-corrected chi connectivity index (χ4v) is 5.84. The van der Waals surface area contributed by atoms with Crippen LogP contribution in [0.25, 0.3) is 10.2 Å². The molecule has 0 atom stereocenters. The van der Waals surface area contributed by atoms with Crippen molar-refractivity contribution in [2.45, 2.75) is 50.7 Å². The first-order valence-corrected chi connectivity index (χ1v) is 12.1. The van der Waals surface area contributed by atoms with Crippen molar-refractivity contribution in [2.75, 3.05) is 18.6 Å². The van der Waals surface area contributed by atoms with Crippen LogP contribution in [0.3, 0.4) is 0 Å². The van der Waals surface area contributed by atoms with E-state index in [-0.39, 0.29) is 11.6 Å². The van der Waals surface area contributed by atoms with Crippen LogP contribution in [0, 0.1) is 13.8 Å². The summed E-state index contributed by atoms with van der Waals surface area (Å²) in [7, 11) is -3.20. The van der Waals surface area contributed by atoms with E-state index in [9.17, 15) is 13.2 Å². The summed E-state index contributed by atoms with van der Waals surface area (Å²) in [5.41, 5.74) is 1.08. The largest absolute Gasteiger partial charge is 0.284 e. The van der Waals surface area contributed by atoms with Gasteiger partial charge in [0, 0.05) is 23.2 Å². The molecule has 0 radical (unpaired) electrons. The topological polar surface area (TPSA) is 81.1 Å². The lowest BCUT2D eigenvalue weighted by Gasteiger charge is -2.18. The van der Waals surface area contributed by atoms with E-state index < -0.39 is 10.0 Å². The second-order valence-corrected chi connectivity index (χ2v) is 10.6. The van der Waals surface area contributed by atoms with Crippen LogP contribution in [-0.2, 0) is 10.0 Å². The van der Waals surface area contributed by atoms with E-state index in [2.05, 4.69) is 4.72 Å². The molecule has 1 saturated carbocycles. The van der Waals surface area contributed by atoms with Gasteiger partial charge in [0.05, 0.1) is 11.6 Å². The molecule has 1 N–H and O–H groups in total. The summed E-state index contributed by atoms with van der Waals surface area (Å²) in [6.45, 7) is 4.33. The molecule has 9 heteroatoms. The molecule has 2 aromatic rings. The van der Waals surface area contributed by atoms with Crippen LogP contribution in [-0.4, -0.2) is 36.5 Å². The van der Waals surface area contributed by atoms with Gasteiger partial charge in [-0.05, 0) is 32.3 Å². The highest BCUT2D eigenvalue weighted by molar-refractivity contribution is 7.99. The first-order chi connectivity index (χ1) is 11.8. The van der Waals surface area contributed by atoms with Crippen molar-refractivity contribution in [3.8, 4) is 0 Å². The molecule has 0 aliphatic heterocycles. The molecule has 1 fully saturated rings. The van der Waals surface area contributed by atoms with Gasteiger partial charge < -0.3 is 0 Å². The number of thioether (sulfide) groups is 1. The molecule has 2 aromatic heterocycles. The maximum atomic E-state index is 13.2. The molecule has 0 saturated heterocycles. The number of aryl methyl sites for hydroxylation is 2. The Balaban J connectivity index is 1.97. The van der Waals surface area contributed by atoms with Crippen molar-refractivity contribution in [3.05, 3.63) is 20.8 Å². The monoisotopic (exact) mass is 401 g/mol. The maximum Gasteiger partial charge on any atom is 0.263 e. The average Bonchev–Trinajstić information content (AvgIpc) is 3.12. The van der Waals surface area contributed by atoms with Crippen molar-refractivity contribution in [3.63, 3.8) is 0 Å². The van der Waals surface area contributed by atoms with Crippen LogP contribution in [0.4, 0.5) is 0 Å². The molecule has 2 heterocycles. The smallest absolute Gasteiger partial charge is 0.263 e. The fraction of sp³-hybridized carbons (Fsp3) is 0.625. The lowest BCUT2D eigenvalue weighted by atomic mass is 10.2. The minimum absolute atomic E-state index is 0.0531. The van der Waals surface area contributed by atoms with Crippen LogP contribution >= 0.6 is 23.1 Å². The van der Waals surface area contributed by atoms with Crippen LogP contribution in [0.1, 0.15) is 42.2 Å². The predicted molar refractivity (Wildman–Crippen MR) is 104 cm³/mol. The second-order valence-electron chi connectivity index (χ2n) is 6.49. The van der Waals surface area contributed by atoms with Crippen molar-refractivity contribution >= 4 is 43.3 Å². The van der Waals surface area contributed by atoms with Crippen molar-refractivity contribution < 1.29 is 8.42 Å². The molecule has 138 valence electrons. The van der Waals surface area contributed by atoms with Gasteiger partial charge in [-0.1, -0.05) is 24.6 Å². The second kappa shape index (κ2) is 7.38. The zero-order chi connectivity index (χ0) is 18.2. The molecule has 0 aromatic carbocycles. The summed E-state index contributed by atoms with van der Waals surface area (Å²) in [5.74, 6) is 0.543. The molecule has 0 unspecified atom stereocenters. The highest BCUT2D eigenvalue weighted by atomic mass is 32.2. The number of thiophene rings is 1. The summed E-state index contributed by atoms with van der Waals surface area (Å²) in [6, 6.07) is 0.203. The van der Waals surface area contributed by atoms with Crippen molar-refractivity contribution in [1.82, 2.24) is 14.3 Å². The lowest BCUT2D eigenvalue weighted by Crippen LogP contribution is -2.27. The third-order valence-corrected chi connectivity index (χ3v) is 7.37. The van der Waals surface area contributed by atoms with E-state index in [1.54, 1.807) is 11.3 Å². The lowest BCUT2D eigenvalue weighted by molar-refractivity contribution is 0.458. The quantitative estimate of drug-likeness (QED) is 0.457. The van der Waals surface area contributed by atoms with Crippen LogP contribution in [0.15, 0.2) is 9.95 Å². The van der Waals surface area contributed by atoms with E-state index >= 15 is 0 Å². The first kappa shape index (κ1) is 18.9. The standard InChI is InChI=1S/C16H23N3O3S3/c1-10-11(2)24-14-13(10)15(20)19(12-6-4-5-7-12)16(18-14)23-9-8-17-25(3,21)22/h12,17H,4-9H2,1-3H3. The molecular formula is C16H23N3O3S3. The summed E-state index contributed by atoms with van der Waals surface area (Å²) in [6.07, 6.45) is 5.43. The van der Waals surface area contributed by atoms with E-state index in [1.165, 1.54) is 11.8 Å². The molecule has 6 nitrogen and oxygen atoms in total. The number of rotatable bonds is 6. The van der Waals surface area contributed by atoms with E-state index in [4.69, 9.17) is 4.98 Å². The fourth-order valence-electron chi connectivity index (χ4n) is 3.24. The van der Waals surface area contributed by atoms with Gasteiger partial charge in [-0.2, -0.15) is 0 Å². The first-order valence-electron chi connectivity index (χ1n) is 8.37. The van der Waals surface area contributed by atoms with Gasteiger partial charge in [0.25, 0.3) is 5.56 Å². The number of nitrogens with zero attached hydrogens (tertiary/aromatic N) is 2. The SMILES string of the molecule is Cc1sc2nc(SCCNS(C)(=O)=O)n(C3CCCC3)c(=O)c2c1C. The number of fused-ring (bicyclic) bond motifs is 1. The third-order valence-electron chi connectivity index (χ3n) is 4.59. The highest BCUT2D eigenvalue weighted by Gasteiger charge is 2.24. The molecule has 3 rings (SSSR count).